The van der Waals surface area contributed by atoms with E-state index in [1.165, 1.54) is 0 Å². The van der Waals surface area contributed by atoms with Gasteiger partial charge < -0.3 is 15.0 Å². The van der Waals surface area contributed by atoms with Gasteiger partial charge in [0.05, 0.1) is 19.8 Å². The van der Waals surface area contributed by atoms with Crippen LogP contribution in [0, 0.1) is 0 Å². The van der Waals surface area contributed by atoms with Crippen molar-refractivity contribution < 1.29 is 9.53 Å². The molecule has 0 radical (unpaired) electrons. The quantitative estimate of drug-likeness (QED) is 0.224. The number of aromatic nitrogens is 3. The first-order valence-electron chi connectivity index (χ1n) is 12.0. The minimum Gasteiger partial charge on any atom is -0.378 e. The van der Waals surface area contributed by atoms with E-state index in [-0.39, 0.29) is 11.7 Å². The minimum absolute atomic E-state index is 0.00363. The topological polar surface area (TPSA) is 96.7 Å². The lowest BCUT2D eigenvalue weighted by Gasteiger charge is -2.29. The number of aliphatic imine (C=N–C) groups is 1. The molecule has 0 saturated carbocycles. The second-order valence-corrected chi connectivity index (χ2v) is 8.49. The molecule has 1 atom stereocenters. The van der Waals surface area contributed by atoms with Crippen molar-refractivity contribution in [2.24, 2.45) is 12.0 Å². The number of ether oxygens (including phenoxy) is 1. The van der Waals surface area contributed by atoms with Crippen molar-refractivity contribution in [1.29, 1.82) is 0 Å². The number of guanidine groups is 1. The standard InChI is InChI=1S/C26H33N7O2/c1-19(21-10-7-11-22(18-21)23(34)20-8-5-4-6-9-20)24-29-26(32(3)31-24)30-25(28-13-12-27-2)33-14-16-35-17-15-33/h4-11,18-19,27H,12-17H2,1-3H3,(H,28,29,30,31). The Bertz CT molecular complexity index is 1150. The van der Waals surface area contributed by atoms with Gasteiger partial charge >= 0.3 is 0 Å². The molecule has 0 aliphatic carbocycles. The lowest BCUT2D eigenvalue weighted by Crippen LogP contribution is -2.44. The zero-order valence-electron chi connectivity index (χ0n) is 20.6. The zero-order chi connectivity index (χ0) is 24.6. The number of hydrogen-bond donors (Lipinski definition) is 2. The van der Waals surface area contributed by atoms with Crippen LogP contribution in [0.2, 0.25) is 0 Å². The number of carbonyl (C=O) groups is 1. The summed E-state index contributed by atoms with van der Waals surface area (Å²) in [6.45, 7) is 6.38. The lowest BCUT2D eigenvalue weighted by atomic mass is 9.95. The molecule has 2 heterocycles. The van der Waals surface area contributed by atoms with Crippen LogP contribution in [0.3, 0.4) is 0 Å². The van der Waals surface area contributed by atoms with Gasteiger partial charge in [-0.15, -0.1) is 0 Å². The zero-order valence-corrected chi connectivity index (χ0v) is 20.6. The summed E-state index contributed by atoms with van der Waals surface area (Å²) in [5.74, 6) is 1.99. The van der Waals surface area contributed by atoms with Gasteiger partial charge in [-0.25, -0.2) is 4.68 Å². The van der Waals surface area contributed by atoms with Gasteiger partial charge in [-0.05, 0) is 18.7 Å². The first kappa shape index (κ1) is 24.6. The first-order chi connectivity index (χ1) is 17.1. The molecule has 3 aromatic rings. The number of anilines is 1. The van der Waals surface area contributed by atoms with Crippen molar-refractivity contribution in [1.82, 2.24) is 25.0 Å². The largest absolute Gasteiger partial charge is 0.378 e. The van der Waals surface area contributed by atoms with E-state index >= 15 is 0 Å². The molecule has 1 aromatic heterocycles. The molecule has 1 fully saturated rings. The number of likely N-dealkylation sites (N-methyl/N-ethyl adjacent to an activating group) is 1. The van der Waals surface area contributed by atoms with Crippen LogP contribution in [0.25, 0.3) is 0 Å². The third-order valence-electron chi connectivity index (χ3n) is 6.01. The highest BCUT2D eigenvalue weighted by Crippen LogP contribution is 2.24. The monoisotopic (exact) mass is 475 g/mol. The van der Waals surface area contributed by atoms with Crippen molar-refractivity contribution in [2.75, 3.05) is 51.8 Å². The van der Waals surface area contributed by atoms with Crippen LogP contribution in [-0.2, 0) is 11.8 Å². The number of ketones is 1. The molecule has 2 aromatic carbocycles. The third kappa shape index (κ3) is 6.12. The van der Waals surface area contributed by atoms with Crippen molar-refractivity contribution in [3.05, 3.63) is 77.1 Å². The maximum atomic E-state index is 12.9. The molecule has 1 unspecified atom stereocenters. The number of hydrogen-bond acceptors (Lipinski definition) is 6. The second kappa shape index (κ2) is 11.7. The molecule has 1 aliphatic rings. The Hall–Kier alpha value is -3.56. The molecule has 35 heavy (non-hydrogen) atoms. The average Bonchev–Trinajstić information content (AvgIpc) is 3.28. The summed E-state index contributed by atoms with van der Waals surface area (Å²) in [6, 6.07) is 17.0. The van der Waals surface area contributed by atoms with Crippen LogP contribution in [0.5, 0.6) is 0 Å². The fraction of sp³-hybridized carbons (Fsp3) is 0.385. The van der Waals surface area contributed by atoms with E-state index in [2.05, 4.69) is 27.6 Å². The van der Waals surface area contributed by atoms with Crippen LogP contribution < -0.4 is 10.6 Å². The van der Waals surface area contributed by atoms with E-state index in [4.69, 9.17) is 14.7 Å². The normalized spacial score (nSPS) is 15.2. The highest BCUT2D eigenvalue weighted by Gasteiger charge is 2.21. The summed E-state index contributed by atoms with van der Waals surface area (Å²) in [5, 5.41) is 11.2. The van der Waals surface area contributed by atoms with Gasteiger partial charge in [-0.3, -0.25) is 15.1 Å². The van der Waals surface area contributed by atoms with Crippen LogP contribution in [0.4, 0.5) is 5.95 Å². The first-order valence-corrected chi connectivity index (χ1v) is 12.0. The van der Waals surface area contributed by atoms with Crippen molar-refractivity contribution in [3.8, 4) is 0 Å². The molecule has 184 valence electrons. The summed E-state index contributed by atoms with van der Waals surface area (Å²) >= 11 is 0. The molecule has 1 aliphatic heterocycles. The summed E-state index contributed by atoms with van der Waals surface area (Å²) in [5.41, 5.74) is 2.31. The number of rotatable bonds is 8. The molecule has 0 amide bonds. The number of morpholine rings is 1. The van der Waals surface area contributed by atoms with Gasteiger partial charge in [0, 0.05) is 43.7 Å². The minimum atomic E-state index is -0.0895. The summed E-state index contributed by atoms with van der Waals surface area (Å²) < 4.78 is 7.23. The van der Waals surface area contributed by atoms with Crippen LogP contribution in [0.15, 0.2) is 59.6 Å². The Morgan fingerprint density at radius 2 is 1.86 bits per heavy atom. The number of benzene rings is 2. The number of carbonyl (C=O) groups excluding carboxylic acids is 1. The SMILES string of the molecule is CNCCN=C(Nc1nc(C(C)c2cccc(C(=O)c3ccccc3)c2)nn1C)N1CCOCC1. The number of aryl methyl sites for hydroxylation is 1. The van der Waals surface area contributed by atoms with E-state index in [1.54, 1.807) is 4.68 Å². The Kier molecular flexibility index (Phi) is 8.23. The van der Waals surface area contributed by atoms with E-state index < -0.39 is 0 Å². The van der Waals surface area contributed by atoms with Crippen molar-refractivity contribution in [2.45, 2.75) is 12.8 Å². The van der Waals surface area contributed by atoms with E-state index in [9.17, 15) is 4.79 Å². The predicted molar refractivity (Wildman–Crippen MR) is 137 cm³/mol. The summed E-state index contributed by atoms with van der Waals surface area (Å²) in [4.78, 5) is 24.6. The van der Waals surface area contributed by atoms with Gasteiger partial charge in [-0.2, -0.15) is 10.1 Å². The Labute approximate surface area is 206 Å². The van der Waals surface area contributed by atoms with Crippen LogP contribution in [-0.4, -0.2) is 77.8 Å². The van der Waals surface area contributed by atoms with Gasteiger partial charge in [0.25, 0.3) is 0 Å². The Balaban J connectivity index is 1.53. The fourth-order valence-electron chi connectivity index (χ4n) is 3.92. The van der Waals surface area contributed by atoms with Gasteiger partial charge in [0.15, 0.2) is 11.6 Å². The Morgan fingerprint density at radius 1 is 1.11 bits per heavy atom. The van der Waals surface area contributed by atoms with Crippen molar-refractivity contribution >= 4 is 17.7 Å². The molecule has 9 heteroatoms. The van der Waals surface area contributed by atoms with E-state index in [1.807, 2.05) is 68.7 Å². The summed E-state index contributed by atoms with van der Waals surface area (Å²) in [7, 11) is 3.78. The molecule has 2 N–H and O–H groups in total. The maximum absolute atomic E-state index is 12.9. The van der Waals surface area contributed by atoms with Crippen LogP contribution in [0.1, 0.15) is 40.2 Å². The van der Waals surface area contributed by atoms with Gasteiger partial charge in [0.1, 0.15) is 0 Å². The highest BCUT2D eigenvalue weighted by atomic mass is 16.5. The summed E-state index contributed by atoms with van der Waals surface area (Å²) in [6.07, 6.45) is 0. The molecular weight excluding hydrogens is 442 g/mol. The smallest absolute Gasteiger partial charge is 0.227 e. The predicted octanol–water partition coefficient (Wildman–Crippen LogP) is 2.52. The maximum Gasteiger partial charge on any atom is 0.227 e. The highest BCUT2D eigenvalue weighted by molar-refractivity contribution is 6.09. The molecule has 0 spiro atoms. The fourth-order valence-corrected chi connectivity index (χ4v) is 3.92. The molecular formula is C26H33N7O2. The Morgan fingerprint density at radius 3 is 2.60 bits per heavy atom. The van der Waals surface area contributed by atoms with Crippen LogP contribution >= 0.6 is 0 Å². The van der Waals surface area contributed by atoms with Crippen molar-refractivity contribution in [3.63, 3.8) is 0 Å². The average molecular weight is 476 g/mol. The van der Waals surface area contributed by atoms with Gasteiger partial charge in [-0.1, -0.05) is 55.5 Å². The van der Waals surface area contributed by atoms with E-state index in [0.29, 0.717) is 42.7 Å². The molecule has 1 saturated heterocycles. The lowest BCUT2D eigenvalue weighted by molar-refractivity contribution is 0.0679. The molecule has 0 bridgehead atoms. The molecule has 9 nitrogen and oxygen atoms in total. The number of nitrogens with one attached hydrogen (secondary N) is 2. The number of nitrogens with zero attached hydrogens (tertiary/aromatic N) is 5. The van der Waals surface area contributed by atoms with Gasteiger partial charge in [0.2, 0.25) is 11.9 Å². The van der Waals surface area contributed by atoms with E-state index in [0.717, 1.165) is 31.2 Å². The third-order valence-corrected chi connectivity index (χ3v) is 6.01. The molecule has 4 rings (SSSR count). The second-order valence-electron chi connectivity index (χ2n) is 8.49.